The largest absolute Gasteiger partial charge is 0.377 e. The van der Waals surface area contributed by atoms with Crippen molar-refractivity contribution in [1.82, 2.24) is 15.0 Å². The summed E-state index contributed by atoms with van der Waals surface area (Å²) in [4.78, 5) is 2.16. The lowest BCUT2D eigenvalue weighted by molar-refractivity contribution is 0.713. The van der Waals surface area contributed by atoms with E-state index in [0.29, 0.717) is 0 Å². The summed E-state index contributed by atoms with van der Waals surface area (Å²) in [7, 11) is 3.58. The molecule has 5 heteroatoms. The molecule has 0 aliphatic carbocycles. The molecule has 0 atom stereocenters. The molecule has 1 aromatic heterocycles. The normalized spacial score (nSPS) is 12.4. The van der Waals surface area contributed by atoms with Gasteiger partial charge in [0.1, 0.15) is 11.1 Å². The van der Waals surface area contributed by atoms with Gasteiger partial charge < -0.3 is 4.90 Å². The molecule has 0 unspecified atom stereocenters. The molecule has 0 fully saturated rings. The standard InChI is InChI=1S/C24H33N4P/c1-23(2,3)29(24(4,5)6)22-21(19-16-12-13-17-20(19)27(7)8)28(26-25-22)18-14-10-9-11-15-18/h9-17H,1-8H3. The second-order valence-corrected chi connectivity index (χ2v) is 13.4. The number of rotatable bonds is 4. The summed E-state index contributed by atoms with van der Waals surface area (Å²) in [5.74, 6) is 0. The van der Waals surface area contributed by atoms with Gasteiger partial charge in [-0.15, -0.1) is 5.10 Å². The summed E-state index contributed by atoms with van der Waals surface area (Å²) in [5.41, 5.74) is 5.61. The van der Waals surface area contributed by atoms with E-state index in [1.807, 2.05) is 10.7 Å². The quantitative estimate of drug-likeness (QED) is 0.519. The highest BCUT2D eigenvalue weighted by Crippen LogP contribution is 2.59. The smallest absolute Gasteiger partial charge is 0.115 e. The van der Waals surface area contributed by atoms with E-state index in [1.165, 1.54) is 11.3 Å². The van der Waals surface area contributed by atoms with Gasteiger partial charge in [0.05, 0.1) is 5.69 Å². The zero-order chi connectivity index (χ0) is 21.4. The van der Waals surface area contributed by atoms with E-state index in [4.69, 9.17) is 5.10 Å². The summed E-state index contributed by atoms with van der Waals surface area (Å²) in [6.07, 6.45) is 0. The Morgan fingerprint density at radius 1 is 0.793 bits per heavy atom. The molecule has 3 aromatic rings. The molecular formula is C24H33N4P. The summed E-state index contributed by atoms with van der Waals surface area (Å²) < 4.78 is 2.02. The lowest BCUT2D eigenvalue weighted by Gasteiger charge is -2.40. The molecule has 0 aliphatic rings. The molecule has 0 spiro atoms. The van der Waals surface area contributed by atoms with Crippen molar-refractivity contribution < 1.29 is 0 Å². The number of hydrogen-bond acceptors (Lipinski definition) is 3. The van der Waals surface area contributed by atoms with Crippen molar-refractivity contribution in [3.05, 3.63) is 54.6 Å². The van der Waals surface area contributed by atoms with Crippen LogP contribution in [0.5, 0.6) is 0 Å². The SMILES string of the molecule is CN(C)c1ccccc1-c1c(P(C(C)(C)C)C(C)(C)C)nnn1-c1ccccc1. The van der Waals surface area contributed by atoms with Gasteiger partial charge in [-0.25, -0.2) is 4.68 Å². The Hall–Kier alpha value is -2.19. The molecular weight excluding hydrogens is 375 g/mol. The van der Waals surface area contributed by atoms with Gasteiger partial charge in [-0.2, -0.15) is 0 Å². The van der Waals surface area contributed by atoms with Gasteiger partial charge in [-0.05, 0) is 36.4 Å². The molecule has 0 N–H and O–H groups in total. The fraction of sp³-hybridized carbons (Fsp3) is 0.417. The molecule has 3 rings (SSSR count). The van der Waals surface area contributed by atoms with Crippen molar-refractivity contribution >= 4 is 19.0 Å². The zero-order valence-corrected chi connectivity index (χ0v) is 19.8. The molecule has 0 saturated heterocycles. The maximum absolute atomic E-state index is 4.83. The third kappa shape index (κ3) is 4.38. The van der Waals surface area contributed by atoms with Crippen LogP contribution in [0, 0.1) is 0 Å². The van der Waals surface area contributed by atoms with Crippen molar-refractivity contribution in [2.75, 3.05) is 19.0 Å². The van der Waals surface area contributed by atoms with Crippen LogP contribution in [0.15, 0.2) is 54.6 Å². The molecule has 0 saturated carbocycles. The fourth-order valence-corrected chi connectivity index (χ4v) is 7.95. The summed E-state index contributed by atoms with van der Waals surface area (Å²) in [6.45, 7) is 14.0. The highest BCUT2D eigenvalue weighted by atomic mass is 31.1. The molecule has 1 heterocycles. The van der Waals surface area contributed by atoms with Crippen molar-refractivity contribution in [2.45, 2.75) is 51.9 Å². The van der Waals surface area contributed by atoms with Crippen molar-refractivity contribution in [2.24, 2.45) is 0 Å². The second-order valence-electron chi connectivity index (χ2n) is 9.60. The predicted octanol–water partition coefficient (Wildman–Crippen LogP) is 5.70. The third-order valence-electron chi connectivity index (χ3n) is 4.85. The lowest BCUT2D eigenvalue weighted by Crippen LogP contribution is -2.32. The number of aromatic nitrogens is 3. The average Bonchev–Trinajstić information content (AvgIpc) is 3.03. The Morgan fingerprint density at radius 3 is 1.90 bits per heavy atom. The first-order chi connectivity index (χ1) is 13.5. The molecule has 0 aliphatic heterocycles. The summed E-state index contributed by atoms with van der Waals surface area (Å²) in [6, 6.07) is 18.9. The minimum Gasteiger partial charge on any atom is -0.377 e. The van der Waals surface area contributed by atoms with Crippen LogP contribution in [-0.4, -0.2) is 39.4 Å². The Labute approximate surface area is 176 Å². The molecule has 0 bridgehead atoms. The minimum atomic E-state index is -0.596. The monoisotopic (exact) mass is 408 g/mol. The first kappa shape index (κ1) is 21.5. The van der Waals surface area contributed by atoms with Crippen LogP contribution in [0.3, 0.4) is 0 Å². The Balaban J connectivity index is 2.37. The predicted molar refractivity (Wildman–Crippen MR) is 127 cm³/mol. The molecule has 2 aromatic carbocycles. The molecule has 29 heavy (non-hydrogen) atoms. The van der Waals surface area contributed by atoms with Crippen LogP contribution < -0.4 is 10.3 Å². The van der Waals surface area contributed by atoms with E-state index < -0.39 is 7.92 Å². The van der Waals surface area contributed by atoms with Crippen LogP contribution in [0.1, 0.15) is 41.5 Å². The van der Waals surface area contributed by atoms with Crippen molar-refractivity contribution in [3.8, 4) is 16.9 Å². The van der Waals surface area contributed by atoms with Gasteiger partial charge >= 0.3 is 0 Å². The lowest BCUT2D eigenvalue weighted by atomic mass is 10.1. The Bertz CT molecular complexity index is 949. The highest BCUT2D eigenvalue weighted by Gasteiger charge is 2.40. The van der Waals surface area contributed by atoms with E-state index in [9.17, 15) is 0 Å². The Kier molecular flexibility index (Phi) is 5.87. The number of nitrogens with zero attached hydrogens (tertiary/aromatic N) is 4. The average molecular weight is 409 g/mol. The molecule has 154 valence electrons. The second kappa shape index (κ2) is 7.91. The Morgan fingerprint density at radius 2 is 1.34 bits per heavy atom. The summed E-state index contributed by atoms with van der Waals surface area (Å²) >= 11 is 0. The molecule has 0 amide bonds. The first-order valence-electron chi connectivity index (χ1n) is 10.1. The van der Waals surface area contributed by atoms with Gasteiger partial charge in [0.2, 0.25) is 0 Å². The van der Waals surface area contributed by atoms with E-state index in [2.05, 4.69) is 114 Å². The van der Waals surface area contributed by atoms with E-state index in [1.54, 1.807) is 0 Å². The first-order valence-corrected chi connectivity index (χ1v) is 11.4. The van der Waals surface area contributed by atoms with Gasteiger partial charge in [0, 0.05) is 25.3 Å². The van der Waals surface area contributed by atoms with Gasteiger partial charge in [-0.1, -0.05) is 83.2 Å². The molecule has 4 nitrogen and oxygen atoms in total. The van der Waals surface area contributed by atoms with E-state index >= 15 is 0 Å². The van der Waals surface area contributed by atoms with Crippen LogP contribution in [0.4, 0.5) is 5.69 Å². The van der Waals surface area contributed by atoms with Crippen LogP contribution in [0.2, 0.25) is 0 Å². The number of para-hydroxylation sites is 2. The fourth-order valence-electron chi connectivity index (χ4n) is 4.11. The highest BCUT2D eigenvalue weighted by molar-refractivity contribution is 7.68. The maximum Gasteiger partial charge on any atom is 0.115 e. The maximum atomic E-state index is 4.83. The minimum absolute atomic E-state index is 0.104. The van der Waals surface area contributed by atoms with Gasteiger partial charge in [0.15, 0.2) is 0 Å². The van der Waals surface area contributed by atoms with Crippen LogP contribution >= 0.6 is 7.92 Å². The van der Waals surface area contributed by atoms with Crippen molar-refractivity contribution in [1.29, 1.82) is 0 Å². The number of benzene rings is 2. The number of hydrogen-bond donors (Lipinski definition) is 0. The summed E-state index contributed by atoms with van der Waals surface area (Å²) in [5, 5.41) is 9.71. The zero-order valence-electron chi connectivity index (χ0n) is 18.9. The van der Waals surface area contributed by atoms with Crippen molar-refractivity contribution in [3.63, 3.8) is 0 Å². The molecule has 0 radical (unpaired) electrons. The number of anilines is 1. The van der Waals surface area contributed by atoms with Gasteiger partial charge in [-0.3, -0.25) is 0 Å². The van der Waals surface area contributed by atoms with Crippen LogP contribution in [0.25, 0.3) is 16.9 Å². The topological polar surface area (TPSA) is 34.0 Å². The van der Waals surface area contributed by atoms with E-state index in [0.717, 1.165) is 16.8 Å². The van der Waals surface area contributed by atoms with Gasteiger partial charge in [0.25, 0.3) is 0 Å². The van der Waals surface area contributed by atoms with Crippen LogP contribution in [-0.2, 0) is 0 Å². The third-order valence-corrected chi connectivity index (χ3v) is 8.26. The van der Waals surface area contributed by atoms with E-state index in [-0.39, 0.29) is 10.3 Å².